The van der Waals surface area contributed by atoms with Crippen LogP contribution in [0.25, 0.3) is 0 Å². The van der Waals surface area contributed by atoms with E-state index in [1.165, 1.54) is 25.7 Å². The van der Waals surface area contributed by atoms with Gasteiger partial charge in [-0.05, 0) is 44.4 Å². The van der Waals surface area contributed by atoms with Gasteiger partial charge >= 0.3 is 0 Å². The minimum Gasteiger partial charge on any atom is -0.367 e. The van der Waals surface area contributed by atoms with Gasteiger partial charge in [0.15, 0.2) is 6.29 Å². The molecule has 2 aliphatic carbocycles. The first kappa shape index (κ1) is 10.8. The van der Waals surface area contributed by atoms with Gasteiger partial charge in [0, 0.05) is 5.41 Å². The number of rotatable bonds is 2. The van der Waals surface area contributed by atoms with E-state index in [2.05, 4.69) is 6.58 Å². The predicted molar refractivity (Wildman–Crippen MR) is 62.9 cm³/mol. The van der Waals surface area contributed by atoms with Crippen LogP contribution < -0.4 is 0 Å². The summed E-state index contributed by atoms with van der Waals surface area (Å²) in [5.41, 5.74) is 0.0271. The summed E-state index contributed by atoms with van der Waals surface area (Å²) in [6, 6.07) is 0. The highest BCUT2D eigenvalue weighted by Crippen LogP contribution is 2.63. The Balaban J connectivity index is 1.99. The van der Waals surface area contributed by atoms with Crippen molar-refractivity contribution < 1.29 is 9.84 Å². The monoisotopic (exact) mass is 222 g/mol. The van der Waals surface area contributed by atoms with Crippen LogP contribution in [0.3, 0.4) is 0 Å². The number of hydrogen-bond acceptors (Lipinski definition) is 2. The van der Waals surface area contributed by atoms with Crippen molar-refractivity contribution in [3.05, 3.63) is 12.7 Å². The third-order valence-corrected chi connectivity index (χ3v) is 5.28. The first-order valence-electron chi connectivity index (χ1n) is 6.70. The number of aliphatic hydroxyl groups is 1. The highest BCUT2D eigenvalue weighted by Gasteiger charge is 2.64. The highest BCUT2D eigenvalue weighted by molar-refractivity contribution is 5.12. The van der Waals surface area contributed by atoms with Gasteiger partial charge in [-0.3, -0.25) is 0 Å². The summed E-state index contributed by atoms with van der Waals surface area (Å²) in [5, 5.41) is 10.3. The minimum atomic E-state index is -0.545. The van der Waals surface area contributed by atoms with E-state index >= 15 is 0 Å². The fourth-order valence-electron chi connectivity index (χ4n) is 4.66. The molecule has 2 nitrogen and oxygen atoms in total. The first-order valence-corrected chi connectivity index (χ1v) is 6.70. The summed E-state index contributed by atoms with van der Waals surface area (Å²) >= 11 is 0. The van der Waals surface area contributed by atoms with Crippen LogP contribution in [0.1, 0.15) is 51.4 Å². The largest absolute Gasteiger partial charge is 0.367 e. The van der Waals surface area contributed by atoms with Crippen molar-refractivity contribution in [2.24, 2.45) is 11.3 Å². The SMILES string of the molecule is C=CCC12CCCC3(CCCCC31)OC2O. The molecule has 3 aliphatic rings. The molecule has 2 bridgehead atoms. The van der Waals surface area contributed by atoms with Crippen molar-refractivity contribution in [1.29, 1.82) is 0 Å². The Morgan fingerprint density at radius 3 is 2.88 bits per heavy atom. The topological polar surface area (TPSA) is 29.5 Å². The highest BCUT2D eigenvalue weighted by atomic mass is 16.6. The van der Waals surface area contributed by atoms with Gasteiger partial charge in [-0.25, -0.2) is 0 Å². The lowest BCUT2D eigenvalue weighted by molar-refractivity contribution is -0.162. The number of allylic oxidation sites excluding steroid dienone is 1. The van der Waals surface area contributed by atoms with Gasteiger partial charge in [0.05, 0.1) is 5.60 Å². The number of aliphatic hydroxyl groups excluding tert-OH is 1. The minimum absolute atomic E-state index is 0.000417. The molecular formula is C14H22O2. The average Bonchev–Trinajstić information content (AvgIpc) is 2.42. The van der Waals surface area contributed by atoms with E-state index in [1.54, 1.807) is 0 Å². The van der Waals surface area contributed by atoms with E-state index in [-0.39, 0.29) is 11.0 Å². The molecule has 2 saturated carbocycles. The van der Waals surface area contributed by atoms with Crippen LogP contribution in [-0.2, 0) is 4.74 Å². The smallest absolute Gasteiger partial charge is 0.161 e. The Morgan fingerprint density at radius 2 is 2.06 bits per heavy atom. The molecule has 4 atom stereocenters. The molecule has 0 aromatic heterocycles. The van der Waals surface area contributed by atoms with Gasteiger partial charge in [-0.2, -0.15) is 0 Å². The molecule has 0 aromatic carbocycles. The first-order chi connectivity index (χ1) is 7.73. The lowest BCUT2D eigenvalue weighted by Crippen LogP contribution is -2.47. The predicted octanol–water partition coefficient (Wildman–Crippen LogP) is 3.01. The number of ether oxygens (including phenoxy) is 1. The molecule has 1 N–H and O–H groups in total. The van der Waals surface area contributed by atoms with Crippen molar-refractivity contribution in [3.63, 3.8) is 0 Å². The maximum atomic E-state index is 10.3. The zero-order chi connectivity index (χ0) is 11.2. The fraction of sp³-hybridized carbons (Fsp3) is 0.857. The van der Waals surface area contributed by atoms with E-state index in [1.807, 2.05) is 6.08 Å². The summed E-state index contributed by atoms with van der Waals surface area (Å²) < 4.78 is 6.04. The molecule has 3 rings (SSSR count). The molecule has 0 spiro atoms. The molecule has 1 aliphatic heterocycles. The molecule has 3 fully saturated rings. The summed E-state index contributed by atoms with van der Waals surface area (Å²) in [7, 11) is 0. The summed E-state index contributed by atoms with van der Waals surface area (Å²) in [4.78, 5) is 0. The van der Waals surface area contributed by atoms with E-state index in [0.717, 1.165) is 25.7 Å². The molecule has 16 heavy (non-hydrogen) atoms. The van der Waals surface area contributed by atoms with Crippen LogP contribution in [0.2, 0.25) is 0 Å². The summed E-state index contributed by atoms with van der Waals surface area (Å²) in [6.07, 6.45) is 10.8. The van der Waals surface area contributed by atoms with E-state index in [0.29, 0.717) is 5.92 Å². The maximum Gasteiger partial charge on any atom is 0.161 e. The van der Waals surface area contributed by atoms with Gasteiger partial charge in [-0.15, -0.1) is 6.58 Å². The third kappa shape index (κ3) is 1.20. The van der Waals surface area contributed by atoms with Gasteiger partial charge in [0.25, 0.3) is 0 Å². The van der Waals surface area contributed by atoms with Crippen molar-refractivity contribution >= 4 is 0 Å². The van der Waals surface area contributed by atoms with E-state index in [9.17, 15) is 5.11 Å². The molecule has 1 heterocycles. The molecule has 90 valence electrons. The van der Waals surface area contributed by atoms with Gasteiger partial charge < -0.3 is 9.84 Å². The molecule has 4 unspecified atom stereocenters. The van der Waals surface area contributed by atoms with Gasteiger partial charge in [0.1, 0.15) is 0 Å². The van der Waals surface area contributed by atoms with Crippen molar-refractivity contribution in [2.75, 3.05) is 0 Å². The standard InChI is InChI=1S/C14H22O2/c1-2-7-13-8-5-10-14(16-12(13)15)9-4-3-6-11(13)14/h2,11-12,15H,1,3-10H2. The zero-order valence-corrected chi connectivity index (χ0v) is 9.95. The average molecular weight is 222 g/mol. The maximum absolute atomic E-state index is 10.3. The van der Waals surface area contributed by atoms with E-state index in [4.69, 9.17) is 4.74 Å². The fourth-order valence-corrected chi connectivity index (χ4v) is 4.66. The lowest BCUT2D eigenvalue weighted by atomic mass is 9.56. The second kappa shape index (κ2) is 3.58. The molecule has 0 amide bonds. The van der Waals surface area contributed by atoms with E-state index < -0.39 is 6.29 Å². The molecule has 0 radical (unpaired) electrons. The van der Waals surface area contributed by atoms with Crippen LogP contribution >= 0.6 is 0 Å². The Hall–Kier alpha value is -0.340. The van der Waals surface area contributed by atoms with Crippen LogP contribution in [0.15, 0.2) is 12.7 Å². The molecule has 1 saturated heterocycles. The third-order valence-electron chi connectivity index (χ3n) is 5.28. The Bertz CT molecular complexity index is 297. The lowest BCUT2D eigenvalue weighted by Gasteiger charge is -2.47. The second-order valence-electron chi connectivity index (χ2n) is 5.91. The van der Waals surface area contributed by atoms with Crippen LogP contribution in [0, 0.1) is 11.3 Å². The van der Waals surface area contributed by atoms with Crippen molar-refractivity contribution in [2.45, 2.75) is 63.3 Å². The summed E-state index contributed by atoms with van der Waals surface area (Å²) in [5.74, 6) is 0.579. The molecule has 2 heteroatoms. The molecular weight excluding hydrogens is 200 g/mol. The Kier molecular flexibility index (Phi) is 2.41. The zero-order valence-electron chi connectivity index (χ0n) is 9.95. The van der Waals surface area contributed by atoms with Gasteiger partial charge in [0.2, 0.25) is 0 Å². The van der Waals surface area contributed by atoms with Crippen molar-refractivity contribution in [1.82, 2.24) is 0 Å². The Labute approximate surface area is 97.7 Å². The van der Waals surface area contributed by atoms with Crippen LogP contribution in [0.4, 0.5) is 0 Å². The number of hydrogen-bond donors (Lipinski definition) is 1. The van der Waals surface area contributed by atoms with Crippen molar-refractivity contribution in [3.8, 4) is 0 Å². The Morgan fingerprint density at radius 1 is 1.25 bits per heavy atom. The van der Waals surface area contributed by atoms with Crippen LogP contribution in [-0.4, -0.2) is 17.0 Å². The van der Waals surface area contributed by atoms with Gasteiger partial charge in [-0.1, -0.05) is 18.9 Å². The normalized spacial score (nSPS) is 51.1. The quantitative estimate of drug-likeness (QED) is 0.728. The summed E-state index contributed by atoms with van der Waals surface area (Å²) in [6.45, 7) is 3.87. The van der Waals surface area contributed by atoms with Crippen LogP contribution in [0.5, 0.6) is 0 Å². The molecule has 0 aromatic rings. The second-order valence-corrected chi connectivity index (χ2v) is 5.91.